The molecule has 1 aliphatic heterocycles. The van der Waals surface area contributed by atoms with Crippen LogP contribution < -0.4 is 5.73 Å². The van der Waals surface area contributed by atoms with Gasteiger partial charge in [0, 0.05) is 6.54 Å². The third-order valence-electron chi connectivity index (χ3n) is 4.63. The highest BCUT2D eigenvalue weighted by atomic mass is 16.4. The van der Waals surface area contributed by atoms with Gasteiger partial charge in [-0.1, -0.05) is 13.3 Å². The number of carbonyl (C=O) groups is 2. The van der Waals surface area contributed by atoms with Crippen molar-refractivity contribution in [3.8, 4) is 0 Å². The Balaban J connectivity index is 2.22. The van der Waals surface area contributed by atoms with E-state index in [1.807, 2.05) is 6.92 Å². The number of nitrogens with two attached hydrogens (primary N) is 1. The van der Waals surface area contributed by atoms with Crippen molar-refractivity contribution in [1.29, 1.82) is 0 Å². The van der Waals surface area contributed by atoms with Crippen LogP contribution >= 0.6 is 0 Å². The molecule has 1 aliphatic carbocycles. The molecule has 1 saturated heterocycles. The van der Waals surface area contributed by atoms with Crippen LogP contribution in [0.5, 0.6) is 0 Å². The molecule has 0 aromatic carbocycles. The van der Waals surface area contributed by atoms with Gasteiger partial charge in [0.2, 0.25) is 5.91 Å². The summed E-state index contributed by atoms with van der Waals surface area (Å²) in [5.41, 5.74) is 5.02. The first-order valence-electron chi connectivity index (χ1n) is 6.71. The van der Waals surface area contributed by atoms with E-state index in [1.165, 1.54) is 4.90 Å². The zero-order valence-corrected chi connectivity index (χ0v) is 11.1. The summed E-state index contributed by atoms with van der Waals surface area (Å²) in [5, 5.41) is 9.38. The molecule has 1 heterocycles. The molecule has 102 valence electrons. The number of carboxylic acids is 1. The molecule has 2 rings (SSSR count). The highest BCUT2D eigenvalue weighted by Crippen LogP contribution is 2.42. The maximum absolute atomic E-state index is 12.4. The summed E-state index contributed by atoms with van der Waals surface area (Å²) in [6.45, 7) is 4.10. The predicted molar refractivity (Wildman–Crippen MR) is 66.9 cm³/mol. The molecule has 0 spiro atoms. The lowest BCUT2D eigenvalue weighted by molar-refractivity contribution is -0.151. The van der Waals surface area contributed by atoms with E-state index >= 15 is 0 Å². The topological polar surface area (TPSA) is 83.6 Å². The number of fused-ring (bicyclic) bond motifs is 1. The molecule has 18 heavy (non-hydrogen) atoms. The monoisotopic (exact) mass is 254 g/mol. The van der Waals surface area contributed by atoms with Gasteiger partial charge in [-0.2, -0.15) is 0 Å². The number of carboxylic acid groups (broad SMARTS) is 1. The average molecular weight is 254 g/mol. The maximum atomic E-state index is 12.4. The largest absolute Gasteiger partial charge is 0.480 e. The fourth-order valence-electron chi connectivity index (χ4n) is 3.31. The van der Waals surface area contributed by atoms with Gasteiger partial charge in [0.25, 0.3) is 0 Å². The second kappa shape index (κ2) is 4.53. The molecule has 2 fully saturated rings. The molecular formula is C13H22N2O3. The van der Waals surface area contributed by atoms with Gasteiger partial charge < -0.3 is 15.7 Å². The molecule has 0 aromatic heterocycles. The fraction of sp³-hybridized carbons (Fsp3) is 0.846. The lowest BCUT2D eigenvalue weighted by atomic mass is 9.93. The molecule has 2 aliphatic rings. The van der Waals surface area contributed by atoms with Gasteiger partial charge in [0.05, 0.1) is 5.54 Å². The Labute approximate surface area is 107 Å². The van der Waals surface area contributed by atoms with Crippen LogP contribution in [0.15, 0.2) is 0 Å². The van der Waals surface area contributed by atoms with Crippen LogP contribution in [0.4, 0.5) is 0 Å². The summed E-state index contributed by atoms with van der Waals surface area (Å²) in [6.07, 6.45) is 3.54. The molecule has 0 aromatic rings. The minimum Gasteiger partial charge on any atom is -0.480 e. The van der Waals surface area contributed by atoms with Crippen LogP contribution in [0, 0.1) is 11.8 Å². The summed E-state index contributed by atoms with van der Waals surface area (Å²) in [5.74, 6) is -0.627. The van der Waals surface area contributed by atoms with Crippen LogP contribution in [-0.2, 0) is 9.59 Å². The molecule has 4 atom stereocenters. The first kappa shape index (κ1) is 13.3. The van der Waals surface area contributed by atoms with E-state index in [-0.39, 0.29) is 11.8 Å². The minimum absolute atomic E-state index is 0.124. The Hall–Kier alpha value is -1.10. The average Bonchev–Trinajstić information content (AvgIpc) is 2.86. The standard InChI is InChI=1S/C13H22N2O3/c1-3-13(2,14)12(18)15-7-8-5-4-6-9(8)10(15)11(16)17/h8-10H,3-7,14H2,1-2H3,(H,16,17). The zero-order chi connectivity index (χ0) is 13.5. The quantitative estimate of drug-likeness (QED) is 0.781. The van der Waals surface area contributed by atoms with Gasteiger partial charge in [-0.05, 0) is 38.0 Å². The van der Waals surface area contributed by atoms with Crippen molar-refractivity contribution in [1.82, 2.24) is 4.90 Å². The second-order valence-electron chi connectivity index (χ2n) is 5.87. The molecule has 0 radical (unpaired) electrons. The molecule has 1 amide bonds. The third-order valence-corrected chi connectivity index (χ3v) is 4.63. The lowest BCUT2D eigenvalue weighted by Gasteiger charge is -2.32. The first-order valence-corrected chi connectivity index (χ1v) is 6.71. The van der Waals surface area contributed by atoms with Gasteiger partial charge in [-0.15, -0.1) is 0 Å². The number of likely N-dealkylation sites (tertiary alicyclic amines) is 1. The molecule has 4 unspecified atom stereocenters. The molecule has 3 N–H and O–H groups in total. The SMILES string of the molecule is CCC(C)(N)C(=O)N1CC2CCCC2C1C(=O)O. The van der Waals surface area contributed by atoms with E-state index in [1.54, 1.807) is 6.92 Å². The van der Waals surface area contributed by atoms with Crippen molar-refractivity contribution in [3.63, 3.8) is 0 Å². The van der Waals surface area contributed by atoms with E-state index in [0.29, 0.717) is 18.9 Å². The van der Waals surface area contributed by atoms with Crippen molar-refractivity contribution in [2.45, 2.75) is 51.1 Å². The second-order valence-corrected chi connectivity index (χ2v) is 5.87. The Morgan fingerprint density at radius 2 is 2.11 bits per heavy atom. The van der Waals surface area contributed by atoms with Gasteiger partial charge in [0.1, 0.15) is 6.04 Å². The van der Waals surface area contributed by atoms with Crippen molar-refractivity contribution in [2.24, 2.45) is 17.6 Å². The summed E-state index contributed by atoms with van der Waals surface area (Å²) >= 11 is 0. The van der Waals surface area contributed by atoms with Gasteiger partial charge >= 0.3 is 5.97 Å². The van der Waals surface area contributed by atoms with Crippen LogP contribution in [0.2, 0.25) is 0 Å². The Kier molecular flexibility index (Phi) is 3.36. The van der Waals surface area contributed by atoms with Crippen molar-refractivity contribution in [3.05, 3.63) is 0 Å². The molecule has 5 nitrogen and oxygen atoms in total. The minimum atomic E-state index is -0.952. The molecule has 1 saturated carbocycles. The Morgan fingerprint density at radius 3 is 2.67 bits per heavy atom. The number of hydrogen-bond acceptors (Lipinski definition) is 3. The van der Waals surface area contributed by atoms with Crippen molar-refractivity contribution >= 4 is 11.9 Å². The number of amides is 1. The van der Waals surface area contributed by atoms with E-state index < -0.39 is 17.6 Å². The number of aliphatic carboxylic acids is 1. The van der Waals surface area contributed by atoms with Crippen LogP contribution in [-0.4, -0.2) is 40.0 Å². The summed E-state index contributed by atoms with van der Waals surface area (Å²) in [4.78, 5) is 25.3. The Bertz CT molecular complexity index is 367. The highest BCUT2D eigenvalue weighted by Gasteiger charge is 2.51. The highest BCUT2D eigenvalue weighted by molar-refractivity contribution is 5.90. The van der Waals surface area contributed by atoms with Crippen molar-refractivity contribution in [2.75, 3.05) is 6.54 Å². The summed E-state index contributed by atoms with van der Waals surface area (Å²) in [7, 11) is 0. The number of nitrogens with zero attached hydrogens (tertiary/aromatic N) is 1. The smallest absolute Gasteiger partial charge is 0.326 e. The maximum Gasteiger partial charge on any atom is 0.326 e. The predicted octanol–water partition coefficient (Wildman–Crippen LogP) is 0.825. The van der Waals surface area contributed by atoms with Gasteiger partial charge in [-0.25, -0.2) is 4.79 Å². The molecule has 5 heteroatoms. The Morgan fingerprint density at radius 1 is 1.44 bits per heavy atom. The fourth-order valence-corrected chi connectivity index (χ4v) is 3.31. The van der Waals surface area contributed by atoms with Crippen LogP contribution in [0.1, 0.15) is 39.5 Å². The third kappa shape index (κ3) is 2.00. The number of carbonyl (C=O) groups excluding carboxylic acids is 1. The normalized spacial score (nSPS) is 34.2. The van der Waals surface area contributed by atoms with E-state index in [9.17, 15) is 14.7 Å². The zero-order valence-electron chi connectivity index (χ0n) is 11.1. The lowest BCUT2D eigenvalue weighted by Crippen LogP contribution is -2.56. The molecule has 0 bridgehead atoms. The first-order chi connectivity index (χ1) is 8.38. The summed E-state index contributed by atoms with van der Waals surface area (Å²) < 4.78 is 0. The van der Waals surface area contributed by atoms with Gasteiger partial charge in [-0.3, -0.25) is 4.79 Å². The number of rotatable bonds is 3. The number of hydrogen-bond donors (Lipinski definition) is 2. The molecular weight excluding hydrogens is 232 g/mol. The van der Waals surface area contributed by atoms with E-state index in [4.69, 9.17) is 5.73 Å². The van der Waals surface area contributed by atoms with E-state index in [2.05, 4.69) is 0 Å². The van der Waals surface area contributed by atoms with E-state index in [0.717, 1.165) is 19.3 Å². The van der Waals surface area contributed by atoms with Crippen molar-refractivity contribution < 1.29 is 14.7 Å². The summed E-state index contributed by atoms with van der Waals surface area (Å²) in [6, 6.07) is -0.667. The van der Waals surface area contributed by atoms with Crippen LogP contribution in [0.3, 0.4) is 0 Å². The van der Waals surface area contributed by atoms with Crippen LogP contribution in [0.25, 0.3) is 0 Å². The van der Waals surface area contributed by atoms with Gasteiger partial charge in [0.15, 0.2) is 0 Å².